The summed E-state index contributed by atoms with van der Waals surface area (Å²) in [5, 5.41) is -0.814. The Morgan fingerprint density at radius 2 is 1.97 bits per heavy atom. The molecule has 0 bridgehead atoms. The van der Waals surface area contributed by atoms with Crippen molar-refractivity contribution in [1.82, 2.24) is 14.6 Å². The van der Waals surface area contributed by atoms with Crippen LogP contribution in [0, 0.1) is 0 Å². The van der Waals surface area contributed by atoms with E-state index in [0.29, 0.717) is 19.8 Å². The van der Waals surface area contributed by atoms with Crippen molar-refractivity contribution < 1.29 is 31.2 Å². The van der Waals surface area contributed by atoms with Gasteiger partial charge in [-0.25, -0.2) is 13.4 Å². The molecule has 0 aliphatic carbocycles. The molecule has 1 saturated heterocycles. The Hall–Kier alpha value is -1.73. The van der Waals surface area contributed by atoms with Gasteiger partial charge >= 0.3 is 6.18 Å². The Bertz CT molecular complexity index is 1220. The van der Waals surface area contributed by atoms with Gasteiger partial charge in [0.2, 0.25) is 10.0 Å². The number of carbonyl (C=O) groups is 2. The van der Waals surface area contributed by atoms with Gasteiger partial charge < -0.3 is 4.90 Å². The van der Waals surface area contributed by atoms with Crippen LogP contribution in [0.3, 0.4) is 0 Å². The molecule has 7 nitrogen and oxygen atoms in total. The van der Waals surface area contributed by atoms with Gasteiger partial charge in [0.1, 0.15) is 16.6 Å². The van der Waals surface area contributed by atoms with E-state index in [1.807, 2.05) is 6.92 Å². The van der Waals surface area contributed by atoms with E-state index >= 15 is 0 Å². The van der Waals surface area contributed by atoms with Crippen LogP contribution in [0.15, 0.2) is 17.0 Å². The van der Waals surface area contributed by atoms with Gasteiger partial charge in [0, 0.05) is 18.2 Å². The number of likely N-dealkylation sites (tertiary alicyclic amines) is 1. The topological polar surface area (TPSA) is 96.4 Å². The highest BCUT2D eigenvalue weighted by Gasteiger charge is 2.39. The highest BCUT2D eigenvalue weighted by atomic mass is 35.5. The van der Waals surface area contributed by atoms with Gasteiger partial charge in [-0.2, -0.15) is 17.9 Å². The van der Waals surface area contributed by atoms with Gasteiger partial charge in [-0.1, -0.05) is 29.3 Å². The van der Waals surface area contributed by atoms with E-state index < -0.39 is 38.1 Å². The number of rotatable bonds is 6. The third-order valence-electron chi connectivity index (χ3n) is 5.41. The molecule has 1 aromatic carbocycles. The number of sulfonamides is 1. The first kappa shape index (κ1) is 26.9. The minimum absolute atomic E-state index is 0.00701. The number of nitrogens with zero attached hydrogens (tertiary/aromatic N) is 2. The number of carbonyl (C=O) groups excluding carboxylic acids is 2. The number of benzene rings is 1. The molecule has 1 aliphatic heterocycles. The Balaban J connectivity index is 2.05. The highest BCUT2D eigenvalue weighted by Crippen LogP contribution is 2.42. The fraction of sp³-hybridized carbons (Fsp3) is 0.450. The number of alkyl halides is 3. The van der Waals surface area contributed by atoms with Crippen LogP contribution < -0.4 is 4.72 Å². The number of aromatic nitrogens is 1. The maximum Gasteiger partial charge on any atom is 0.404 e. The van der Waals surface area contributed by atoms with E-state index in [2.05, 4.69) is 4.98 Å². The lowest BCUT2D eigenvalue weighted by Gasteiger charge is -2.33. The molecule has 2 atom stereocenters. The number of hydrogen-bond acceptors (Lipinski definition) is 6. The molecule has 186 valence electrons. The lowest BCUT2D eigenvalue weighted by molar-refractivity contribution is -0.147. The highest BCUT2D eigenvalue weighted by molar-refractivity contribution is 7.89. The minimum atomic E-state index is -4.81. The van der Waals surface area contributed by atoms with E-state index in [1.54, 1.807) is 4.90 Å². The Morgan fingerprint density at radius 1 is 1.29 bits per heavy atom. The lowest BCUT2D eigenvalue weighted by atomic mass is 10.0. The second-order valence-corrected chi connectivity index (χ2v) is 11.3. The van der Waals surface area contributed by atoms with Gasteiger partial charge in [-0.15, -0.1) is 11.3 Å². The van der Waals surface area contributed by atoms with Crippen LogP contribution in [0.4, 0.5) is 13.2 Å². The van der Waals surface area contributed by atoms with Crippen molar-refractivity contribution in [2.75, 3.05) is 6.54 Å². The largest absolute Gasteiger partial charge is 0.404 e. The maximum atomic E-state index is 13.2. The molecular weight excluding hydrogens is 538 g/mol. The van der Waals surface area contributed by atoms with E-state index in [4.69, 9.17) is 23.2 Å². The molecule has 0 radical (unpaired) electrons. The first-order valence-electron chi connectivity index (χ1n) is 10.1. The Morgan fingerprint density at radius 3 is 2.56 bits per heavy atom. The van der Waals surface area contributed by atoms with E-state index in [1.165, 1.54) is 10.8 Å². The van der Waals surface area contributed by atoms with Gasteiger partial charge in [0.25, 0.3) is 5.91 Å². The average molecular weight is 558 g/mol. The second-order valence-electron chi connectivity index (χ2n) is 7.81. The van der Waals surface area contributed by atoms with Crippen LogP contribution in [-0.4, -0.2) is 55.3 Å². The summed E-state index contributed by atoms with van der Waals surface area (Å²) >= 11 is 13.4. The summed E-state index contributed by atoms with van der Waals surface area (Å²) in [5.74, 6) is -0.406. The quantitative estimate of drug-likeness (QED) is 0.494. The van der Waals surface area contributed by atoms with Gasteiger partial charge in [0.05, 0.1) is 14.9 Å². The number of nitrogens with one attached hydrogen (secondary N) is 1. The van der Waals surface area contributed by atoms with Crippen molar-refractivity contribution in [3.8, 4) is 10.4 Å². The number of halogens is 5. The summed E-state index contributed by atoms with van der Waals surface area (Å²) in [6, 6.07) is -0.185. The van der Waals surface area contributed by atoms with Crippen LogP contribution in [0.2, 0.25) is 10.0 Å². The van der Waals surface area contributed by atoms with Crippen molar-refractivity contribution >= 4 is 56.8 Å². The fourth-order valence-corrected chi connectivity index (χ4v) is 6.58. The van der Waals surface area contributed by atoms with Crippen LogP contribution in [0.5, 0.6) is 0 Å². The van der Waals surface area contributed by atoms with Crippen molar-refractivity contribution in [2.24, 2.45) is 0 Å². The first-order chi connectivity index (χ1) is 15.8. The molecule has 1 aromatic heterocycles. The van der Waals surface area contributed by atoms with Crippen LogP contribution >= 0.6 is 34.5 Å². The summed E-state index contributed by atoms with van der Waals surface area (Å²) in [6.07, 6.45) is -1.72. The van der Waals surface area contributed by atoms with Crippen molar-refractivity contribution in [1.29, 1.82) is 0 Å². The molecule has 1 fully saturated rings. The van der Waals surface area contributed by atoms with E-state index in [-0.39, 0.29) is 32.2 Å². The molecule has 2 heterocycles. The zero-order valence-corrected chi connectivity index (χ0v) is 21.1. The lowest BCUT2D eigenvalue weighted by Crippen LogP contribution is -2.43. The van der Waals surface area contributed by atoms with Crippen LogP contribution in [-0.2, 0) is 10.0 Å². The molecule has 1 aliphatic rings. The first-order valence-corrected chi connectivity index (χ1v) is 13.2. The molecule has 3 rings (SSSR count). The normalized spacial score (nSPS) is 18.1. The number of amides is 1. The summed E-state index contributed by atoms with van der Waals surface area (Å²) in [4.78, 5) is 29.9. The molecule has 2 unspecified atom stereocenters. The molecule has 1 N–H and O–H groups in total. The Labute approximate surface area is 208 Å². The number of hydrogen-bond donors (Lipinski definition) is 1. The molecule has 34 heavy (non-hydrogen) atoms. The molecule has 1 amide bonds. The summed E-state index contributed by atoms with van der Waals surface area (Å²) in [7, 11) is -4.68. The molecule has 2 aromatic rings. The van der Waals surface area contributed by atoms with Crippen LogP contribution in [0.25, 0.3) is 10.4 Å². The smallest absolute Gasteiger partial charge is 0.335 e. The van der Waals surface area contributed by atoms with Crippen molar-refractivity contribution in [2.45, 2.75) is 56.3 Å². The SMILES string of the molecule is CC1CCCCN1C(=O)c1nc(C=O)sc1-c1ccc(S(=O)(=O)NC(C)C(F)(F)F)c(Cl)c1Cl. The van der Waals surface area contributed by atoms with Gasteiger partial charge in [0.15, 0.2) is 11.3 Å². The molecule has 14 heteroatoms. The second kappa shape index (κ2) is 10.1. The zero-order valence-electron chi connectivity index (χ0n) is 17.9. The Kier molecular flexibility index (Phi) is 7.98. The fourth-order valence-electron chi connectivity index (χ4n) is 3.53. The predicted molar refractivity (Wildman–Crippen MR) is 123 cm³/mol. The van der Waals surface area contributed by atoms with Crippen LogP contribution in [0.1, 0.15) is 53.4 Å². The average Bonchev–Trinajstić information content (AvgIpc) is 3.18. The number of piperidine rings is 1. The van der Waals surface area contributed by atoms with E-state index in [0.717, 1.165) is 36.7 Å². The third-order valence-corrected chi connectivity index (χ3v) is 9.01. The zero-order chi connectivity index (χ0) is 25.4. The van der Waals surface area contributed by atoms with Crippen molar-refractivity contribution in [3.05, 3.63) is 32.9 Å². The predicted octanol–water partition coefficient (Wildman–Crippen LogP) is 5.17. The minimum Gasteiger partial charge on any atom is -0.335 e. The van der Waals surface area contributed by atoms with Crippen molar-refractivity contribution in [3.63, 3.8) is 0 Å². The maximum absolute atomic E-state index is 13.2. The summed E-state index contributed by atoms with van der Waals surface area (Å²) in [6.45, 7) is 3.07. The van der Waals surface area contributed by atoms with Gasteiger partial charge in [-0.3, -0.25) is 9.59 Å². The van der Waals surface area contributed by atoms with Gasteiger partial charge in [-0.05, 0) is 39.2 Å². The molecular formula is C20H20Cl2F3N3O4S2. The number of thiazole rings is 1. The third kappa shape index (κ3) is 5.40. The molecule has 0 saturated carbocycles. The summed E-state index contributed by atoms with van der Waals surface area (Å²) < 4.78 is 65.1. The monoisotopic (exact) mass is 557 g/mol. The number of aldehydes is 1. The standard InChI is InChI=1S/C20H20Cl2F3N3O4S2/c1-10-5-3-4-8-28(10)19(30)17-18(33-14(9-29)26-17)12-6-7-13(16(22)15(12)21)34(31,32)27-11(2)20(23,24)25/h6-7,9-11,27H,3-5,8H2,1-2H3. The summed E-state index contributed by atoms with van der Waals surface area (Å²) in [5.41, 5.74) is 0.103. The van der Waals surface area contributed by atoms with E-state index in [9.17, 15) is 31.2 Å². The molecule has 0 spiro atoms.